The average molecular weight is 347 g/mol. The molecule has 0 saturated carbocycles. The van der Waals surface area contributed by atoms with Gasteiger partial charge in [0, 0.05) is 25.0 Å². The van der Waals surface area contributed by atoms with Gasteiger partial charge in [-0.2, -0.15) is 0 Å². The first kappa shape index (κ1) is 17.0. The highest BCUT2D eigenvalue weighted by molar-refractivity contribution is 5.26. The first-order chi connectivity index (χ1) is 12.9. The van der Waals surface area contributed by atoms with Gasteiger partial charge in [0.05, 0.1) is 12.3 Å². The lowest BCUT2D eigenvalue weighted by Crippen LogP contribution is -2.43. The van der Waals surface area contributed by atoms with Gasteiger partial charge in [0.15, 0.2) is 0 Å². The van der Waals surface area contributed by atoms with Crippen molar-refractivity contribution in [1.29, 1.82) is 0 Å². The summed E-state index contributed by atoms with van der Waals surface area (Å²) in [6, 6.07) is 19.3. The van der Waals surface area contributed by atoms with E-state index in [1.807, 2.05) is 24.5 Å². The smallest absolute Gasteiger partial charge is 0.125 e. The lowest BCUT2D eigenvalue weighted by atomic mass is 9.99. The van der Waals surface area contributed by atoms with Crippen molar-refractivity contribution in [2.45, 2.75) is 31.5 Å². The van der Waals surface area contributed by atoms with Crippen molar-refractivity contribution >= 4 is 0 Å². The summed E-state index contributed by atoms with van der Waals surface area (Å²) >= 11 is 0. The van der Waals surface area contributed by atoms with Crippen LogP contribution in [-0.4, -0.2) is 29.0 Å². The summed E-state index contributed by atoms with van der Waals surface area (Å²) in [7, 11) is 0. The molecule has 0 bridgehead atoms. The summed E-state index contributed by atoms with van der Waals surface area (Å²) in [6.07, 6.45) is 7.84. The second kappa shape index (κ2) is 8.30. The van der Waals surface area contributed by atoms with Crippen LogP contribution in [0.3, 0.4) is 0 Å². The van der Waals surface area contributed by atoms with E-state index in [9.17, 15) is 0 Å². The second-order valence-corrected chi connectivity index (χ2v) is 6.94. The maximum Gasteiger partial charge on any atom is 0.125 e. The van der Waals surface area contributed by atoms with Crippen LogP contribution in [0.15, 0.2) is 77.7 Å². The number of furan rings is 1. The molecule has 1 N–H and O–H groups in total. The zero-order valence-electron chi connectivity index (χ0n) is 14.9. The van der Waals surface area contributed by atoms with Gasteiger partial charge in [0.25, 0.3) is 0 Å². The van der Waals surface area contributed by atoms with Crippen LogP contribution in [0.1, 0.15) is 35.8 Å². The van der Waals surface area contributed by atoms with E-state index in [0.717, 1.165) is 38.2 Å². The Balaban J connectivity index is 1.37. The molecule has 1 saturated heterocycles. The second-order valence-electron chi connectivity index (χ2n) is 6.94. The average Bonchev–Trinajstić information content (AvgIpc) is 3.23. The van der Waals surface area contributed by atoms with Gasteiger partial charge in [-0.1, -0.05) is 36.4 Å². The fourth-order valence-electron chi connectivity index (χ4n) is 3.69. The van der Waals surface area contributed by atoms with Crippen molar-refractivity contribution in [2.24, 2.45) is 0 Å². The molecule has 1 aromatic carbocycles. The van der Waals surface area contributed by atoms with Gasteiger partial charge < -0.3 is 9.73 Å². The highest BCUT2D eigenvalue weighted by atomic mass is 16.3. The Kier molecular flexibility index (Phi) is 5.43. The van der Waals surface area contributed by atoms with Gasteiger partial charge in [0.2, 0.25) is 0 Å². The van der Waals surface area contributed by atoms with Crippen LogP contribution in [0.5, 0.6) is 0 Å². The summed E-state index contributed by atoms with van der Waals surface area (Å²) in [5.41, 5.74) is 2.54. The number of aromatic nitrogens is 1. The zero-order valence-corrected chi connectivity index (χ0v) is 14.9. The van der Waals surface area contributed by atoms with Gasteiger partial charge in [-0.15, -0.1) is 0 Å². The highest BCUT2D eigenvalue weighted by Gasteiger charge is 2.24. The molecular weight excluding hydrogens is 322 g/mol. The molecule has 4 nitrogen and oxygen atoms in total. The fraction of sp³-hybridized carbons (Fsp3) is 0.318. The van der Waals surface area contributed by atoms with Crippen LogP contribution in [-0.2, 0) is 6.54 Å². The van der Waals surface area contributed by atoms with Crippen LogP contribution >= 0.6 is 0 Å². The quantitative estimate of drug-likeness (QED) is 0.731. The molecule has 4 heteroatoms. The van der Waals surface area contributed by atoms with Crippen molar-refractivity contribution in [3.8, 4) is 0 Å². The van der Waals surface area contributed by atoms with Gasteiger partial charge in [-0.05, 0) is 55.3 Å². The predicted octanol–water partition coefficient (Wildman–Crippen LogP) is 4.02. The van der Waals surface area contributed by atoms with E-state index < -0.39 is 0 Å². The normalized spacial score (nSPS) is 17.2. The molecule has 0 unspecified atom stereocenters. The molecule has 3 heterocycles. The number of nitrogens with one attached hydrogen (secondary N) is 1. The van der Waals surface area contributed by atoms with Crippen molar-refractivity contribution in [2.75, 3.05) is 13.1 Å². The summed E-state index contributed by atoms with van der Waals surface area (Å²) in [5, 5.41) is 3.83. The van der Waals surface area contributed by atoms with Crippen LogP contribution in [0.25, 0.3) is 0 Å². The zero-order chi connectivity index (χ0) is 17.6. The lowest BCUT2D eigenvalue weighted by Gasteiger charge is -2.34. The summed E-state index contributed by atoms with van der Waals surface area (Å²) in [5.74, 6) is 0.981. The van der Waals surface area contributed by atoms with Crippen LogP contribution in [0.2, 0.25) is 0 Å². The van der Waals surface area contributed by atoms with E-state index in [2.05, 4.69) is 57.7 Å². The maximum absolute atomic E-state index is 5.71. The molecule has 134 valence electrons. The fourth-order valence-corrected chi connectivity index (χ4v) is 3.69. The Hall–Kier alpha value is -2.43. The first-order valence-electron chi connectivity index (χ1n) is 9.34. The Morgan fingerprint density at radius 1 is 1.04 bits per heavy atom. The predicted molar refractivity (Wildman–Crippen MR) is 103 cm³/mol. The van der Waals surface area contributed by atoms with Crippen LogP contribution in [0.4, 0.5) is 0 Å². The van der Waals surface area contributed by atoms with Crippen LogP contribution < -0.4 is 5.32 Å². The Bertz CT molecular complexity index is 766. The number of hydrogen-bond acceptors (Lipinski definition) is 4. The van der Waals surface area contributed by atoms with Crippen molar-refractivity contribution in [3.63, 3.8) is 0 Å². The summed E-state index contributed by atoms with van der Waals surface area (Å²) in [4.78, 5) is 6.73. The minimum Gasteiger partial charge on any atom is -0.467 e. The molecule has 1 atom stereocenters. The monoisotopic (exact) mass is 347 g/mol. The number of pyridine rings is 1. The van der Waals surface area contributed by atoms with Crippen molar-refractivity contribution < 1.29 is 4.42 Å². The molecule has 4 rings (SSSR count). The van der Waals surface area contributed by atoms with Gasteiger partial charge in [-0.3, -0.25) is 9.88 Å². The number of nitrogens with zero attached hydrogens (tertiary/aromatic N) is 2. The summed E-state index contributed by atoms with van der Waals surface area (Å²) < 4.78 is 5.71. The van der Waals surface area contributed by atoms with Gasteiger partial charge >= 0.3 is 0 Å². The molecule has 0 spiro atoms. The minimum atomic E-state index is 0.112. The van der Waals surface area contributed by atoms with Crippen LogP contribution in [0, 0.1) is 0 Å². The third kappa shape index (κ3) is 4.21. The molecule has 0 aliphatic carbocycles. The number of likely N-dealkylation sites (tertiary alicyclic amines) is 1. The largest absolute Gasteiger partial charge is 0.467 e. The molecule has 0 radical (unpaired) electrons. The summed E-state index contributed by atoms with van der Waals surface area (Å²) in [6.45, 7) is 3.19. The van der Waals surface area contributed by atoms with E-state index >= 15 is 0 Å². The molecule has 26 heavy (non-hydrogen) atoms. The van der Waals surface area contributed by atoms with Crippen molar-refractivity contribution in [1.82, 2.24) is 15.2 Å². The molecular formula is C22H25N3O. The SMILES string of the molecule is c1ccc([C@@H](NC2CCN(Cc3cccnc3)CC2)c2ccco2)cc1. The van der Waals surface area contributed by atoms with Gasteiger partial charge in [-0.25, -0.2) is 0 Å². The molecule has 1 fully saturated rings. The van der Waals surface area contributed by atoms with E-state index in [1.54, 1.807) is 6.26 Å². The van der Waals surface area contributed by atoms with E-state index in [-0.39, 0.29) is 6.04 Å². The first-order valence-corrected chi connectivity index (χ1v) is 9.34. The maximum atomic E-state index is 5.71. The topological polar surface area (TPSA) is 41.3 Å². The molecule has 0 amide bonds. The Morgan fingerprint density at radius 3 is 2.58 bits per heavy atom. The Labute approximate surface area is 154 Å². The number of piperidine rings is 1. The number of hydrogen-bond donors (Lipinski definition) is 1. The van der Waals surface area contributed by atoms with Crippen molar-refractivity contribution in [3.05, 3.63) is 90.1 Å². The Morgan fingerprint density at radius 2 is 1.88 bits per heavy atom. The molecule has 1 aliphatic heterocycles. The molecule has 3 aromatic rings. The highest BCUT2D eigenvalue weighted by Crippen LogP contribution is 2.25. The van der Waals surface area contributed by atoms with E-state index in [1.165, 1.54) is 11.1 Å². The third-order valence-corrected chi connectivity index (χ3v) is 5.08. The van der Waals surface area contributed by atoms with E-state index in [0.29, 0.717) is 6.04 Å². The lowest BCUT2D eigenvalue weighted by molar-refractivity contribution is 0.184. The van der Waals surface area contributed by atoms with E-state index in [4.69, 9.17) is 4.42 Å². The molecule has 1 aliphatic rings. The molecule has 2 aromatic heterocycles. The number of rotatable bonds is 6. The standard InChI is InChI=1S/C22H25N3O/c1-2-7-19(8-3-1)22(21-9-5-15-26-21)24-20-10-13-25(14-11-20)17-18-6-4-12-23-16-18/h1-9,12,15-16,20,22,24H,10-11,13-14,17H2/t22-/m1/s1. The third-order valence-electron chi connectivity index (χ3n) is 5.08. The minimum absolute atomic E-state index is 0.112. The number of benzene rings is 1. The van der Waals surface area contributed by atoms with Gasteiger partial charge in [0.1, 0.15) is 5.76 Å².